The lowest BCUT2D eigenvalue weighted by Crippen LogP contribution is -2.20. The average Bonchev–Trinajstić information content (AvgIpc) is 3.00. The fraction of sp³-hybridized carbons (Fsp3) is 0.385. The van der Waals surface area contributed by atoms with Crippen LogP contribution in [0.25, 0.3) is 0 Å². The van der Waals surface area contributed by atoms with Gasteiger partial charge in [0.15, 0.2) is 0 Å². The van der Waals surface area contributed by atoms with E-state index in [1.165, 1.54) is 6.07 Å². The molecule has 1 amide bonds. The van der Waals surface area contributed by atoms with Gasteiger partial charge in [0, 0.05) is 18.3 Å². The fourth-order valence-corrected chi connectivity index (χ4v) is 2.50. The van der Waals surface area contributed by atoms with Crippen LogP contribution in [0.3, 0.4) is 0 Å². The molecule has 0 spiro atoms. The van der Waals surface area contributed by atoms with Crippen molar-refractivity contribution in [2.45, 2.75) is 11.7 Å². The number of nitrogens with one attached hydrogen (secondary N) is 1. The summed E-state index contributed by atoms with van der Waals surface area (Å²) < 4.78 is 14.9. The predicted octanol–water partition coefficient (Wildman–Crippen LogP) is 1.01. The fourth-order valence-electron chi connectivity index (χ4n) is 1.79. The number of anilines is 1. The van der Waals surface area contributed by atoms with Gasteiger partial charge in [-0.15, -0.1) is 5.10 Å². The highest BCUT2D eigenvalue weighted by Gasteiger charge is 2.16. The van der Waals surface area contributed by atoms with Gasteiger partial charge in [0.2, 0.25) is 16.9 Å². The van der Waals surface area contributed by atoms with E-state index in [9.17, 15) is 19.3 Å². The number of tetrazole rings is 1. The Hall–Kier alpha value is -2.60. The van der Waals surface area contributed by atoms with Gasteiger partial charge in [0.05, 0.1) is 17.2 Å². The van der Waals surface area contributed by atoms with Crippen LogP contribution in [0.4, 0.5) is 15.8 Å². The van der Waals surface area contributed by atoms with Gasteiger partial charge in [-0.1, -0.05) is 11.8 Å². The Kier molecular flexibility index (Phi) is 6.36. The molecule has 0 unspecified atom stereocenters. The van der Waals surface area contributed by atoms with Crippen LogP contribution in [-0.4, -0.2) is 62.3 Å². The molecule has 1 aromatic heterocycles. The summed E-state index contributed by atoms with van der Waals surface area (Å²) in [6, 6.07) is 3.16. The van der Waals surface area contributed by atoms with Crippen molar-refractivity contribution in [1.29, 1.82) is 0 Å². The van der Waals surface area contributed by atoms with Gasteiger partial charge in [-0.25, -0.2) is 4.68 Å². The van der Waals surface area contributed by atoms with Gasteiger partial charge >= 0.3 is 5.69 Å². The molecule has 1 aromatic carbocycles. The molecule has 0 bridgehead atoms. The molecule has 1 N–H and O–H groups in total. The first-order valence-electron chi connectivity index (χ1n) is 7.14. The van der Waals surface area contributed by atoms with Crippen LogP contribution in [0.5, 0.6) is 0 Å². The second-order valence-corrected chi connectivity index (χ2v) is 6.19. The smallest absolute Gasteiger partial charge is 0.306 e. The SMILES string of the molecule is CN(C)CCn1nnnc1SCC(=O)Nc1ccc(F)c([N+](=O)[O-])c1. The molecule has 1 heterocycles. The summed E-state index contributed by atoms with van der Waals surface area (Å²) in [6.45, 7) is 1.32. The van der Waals surface area contributed by atoms with E-state index in [1.807, 2.05) is 19.0 Å². The van der Waals surface area contributed by atoms with E-state index in [-0.39, 0.29) is 11.4 Å². The lowest BCUT2D eigenvalue weighted by atomic mass is 10.2. The van der Waals surface area contributed by atoms with Crippen LogP contribution in [0, 0.1) is 15.9 Å². The number of likely N-dealkylation sites (N-methyl/N-ethyl adjacent to an activating group) is 1. The highest BCUT2D eigenvalue weighted by molar-refractivity contribution is 7.99. The number of nitrogens with zero attached hydrogens (tertiary/aromatic N) is 6. The average molecular weight is 369 g/mol. The Morgan fingerprint density at radius 2 is 2.24 bits per heavy atom. The summed E-state index contributed by atoms with van der Waals surface area (Å²) in [5.41, 5.74) is -0.552. The lowest BCUT2D eigenvalue weighted by Gasteiger charge is -2.09. The van der Waals surface area contributed by atoms with Crippen molar-refractivity contribution in [2.75, 3.05) is 31.7 Å². The Bertz CT molecular complexity index is 768. The number of aromatic nitrogens is 4. The zero-order chi connectivity index (χ0) is 18.4. The minimum Gasteiger partial charge on any atom is -0.325 e. The van der Waals surface area contributed by atoms with E-state index in [1.54, 1.807) is 4.68 Å². The normalized spacial score (nSPS) is 10.9. The highest BCUT2D eigenvalue weighted by Crippen LogP contribution is 2.22. The Morgan fingerprint density at radius 1 is 1.48 bits per heavy atom. The van der Waals surface area contributed by atoms with Crippen molar-refractivity contribution >= 4 is 29.0 Å². The Morgan fingerprint density at radius 3 is 2.92 bits per heavy atom. The van der Waals surface area contributed by atoms with Crippen LogP contribution in [0.1, 0.15) is 0 Å². The summed E-state index contributed by atoms with van der Waals surface area (Å²) in [6.07, 6.45) is 0. The molecular formula is C13H16FN7O3S. The van der Waals surface area contributed by atoms with Crippen LogP contribution in [0.15, 0.2) is 23.4 Å². The number of nitro benzene ring substituents is 1. The molecule has 0 saturated heterocycles. The van der Waals surface area contributed by atoms with Crippen LogP contribution >= 0.6 is 11.8 Å². The van der Waals surface area contributed by atoms with Gasteiger partial charge in [-0.3, -0.25) is 14.9 Å². The first-order valence-corrected chi connectivity index (χ1v) is 8.13. The van der Waals surface area contributed by atoms with E-state index in [2.05, 4.69) is 20.8 Å². The topological polar surface area (TPSA) is 119 Å². The molecular weight excluding hydrogens is 353 g/mol. The Balaban J connectivity index is 1.92. The van der Waals surface area contributed by atoms with Crippen LogP contribution in [-0.2, 0) is 11.3 Å². The van der Waals surface area contributed by atoms with Crippen molar-refractivity contribution < 1.29 is 14.1 Å². The maximum Gasteiger partial charge on any atom is 0.306 e. The number of thioether (sulfide) groups is 1. The number of halogens is 1. The monoisotopic (exact) mass is 369 g/mol. The van der Waals surface area contributed by atoms with Crippen molar-refractivity contribution in [1.82, 2.24) is 25.1 Å². The number of carbonyl (C=O) groups is 1. The number of hydrogen-bond donors (Lipinski definition) is 1. The third-order valence-corrected chi connectivity index (χ3v) is 3.97. The molecule has 2 aromatic rings. The second kappa shape index (κ2) is 8.48. The molecule has 0 fully saturated rings. The molecule has 10 nitrogen and oxygen atoms in total. The van der Waals surface area contributed by atoms with Crippen molar-refractivity contribution in [2.24, 2.45) is 0 Å². The number of hydrogen-bond acceptors (Lipinski definition) is 8. The van der Waals surface area contributed by atoms with E-state index in [0.29, 0.717) is 11.7 Å². The molecule has 25 heavy (non-hydrogen) atoms. The number of amides is 1. The molecule has 12 heteroatoms. The van der Waals surface area contributed by atoms with Gasteiger partial charge in [-0.2, -0.15) is 4.39 Å². The minimum atomic E-state index is -0.961. The molecule has 0 aliphatic carbocycles. The standard InChI is InChI=1S/C13H16FN7O3S/c1-19(2)5-6-20-13(16-17-18-20)25-8-12(22)15-9-3-4-10(14)11(7-9)21(23)24/h3-4,7H,5-6,8H2,1-2H3,(H,15,22). The van der Waals surface area contributed by atoms with Gasteiger partial charge < -0.3 is 10.2 Å². The molecule has 0 atom stereocenters. The van der Waals surface area contributed by atoms with Crippen molar-refractivity contribution in [3.63, 3.8) is 0 Å². The zero-order valence-corrected chi connectivity index (χ0v) is 14.4. The molecule has 0 radical (unpaired) electrons. The third kappa shape index (κ3) is 5.46. The molecule has 2 rings (SSSR count). The van der Waals surface area contributed by atoms with Gasteiger partial charge in [-0.05, 0) is 36.7 Å². The van der Waals surface area contributed by atoms with E-state index in [0.717, 1.165) is 30.4 Å². The maximum atomic E-state index is 13.3. The summed E-state index contributed by atoms with van der Waals surface area (Å²) in [7, 11) is 3.85. The number of carbonyl (C=O) groups excluding carboxylic acids is 1. The van der Waals surface area contributed by atoms with E-state index >= 15 is 0 Å². The second-order valence-electron chi connectivity index (χ2n) is 5.25. The number of nitro groups is 1. The summed E-state index contributed by atoms with van der Waals surface area (Å²) in [5.74, 6) is -1.36. The minimum absolute atomic E-state index is 0.00745. The van der Waals surface area contributed by atoms with E-state index < -0.39 is 22.3 Å². The quantitative estimate of drug-likeness (QED) is 0.416. The predicted molar refractivity (Wildman–Crippen MR) is 88.8 cm³/mol. The first kappa shape index (κ1) is 18.7. The third-order valence-electron chi connectivity index (χ3n) is 3.02. The molecule has 134 valence electrons. The van der Waals surface area contributed by atoms with E-state index in [4.69, 9.17) is 0 Å². The zero-order valence-electron chi connectivity index (χ0n) is 13.5. The van der Waals surface area contributed by atoms with Crippen molar-refractivity contribution in [3.8, 4) is 0 Å². The molecule has 0 aliphatic rings. The molecule has 0 saturated carbocycles. The van der Waals surface area contributed by atoms with Gasteiger partial charge in [0.25, 0.3) is 0 Å². The van der Waals surface area contributed by atoms with Crippen molar-refractivity contribution in [3.05, 3.63) is 34.1 Å². The highest BCUT2D eigenvalue weighted by atomic mass is 32.2. The first-order chi connectivity index (χ1) is 11.9. The largest absolute Gasteiger partial charge is 0.325 e. The van der Waals surface area contributed by atoms with Gasteiger partial charge in [0.1, 0.15) is 0 Å². The van der Waals surface area contributed by atoms with Crippen LogP contribution in [0.2, 0.25) is 0 Å². The Labute approximate surface area is 146 Å². The number of benzene rings is 1. The maximum absolute atomic E-state index is 13.3. The summed E-state index contributed by atoms with van der Waals surface area (Å²) in [5, 5.41) is 25.0. The lowest BCUT2D eigenvalue weighted by molar-refractivity contribution is -0.387. The summed E-state index contributed by atoms with van der Waals surface area (Å²) in [4.78, 5) is 23.8. The van der Waals surface area contributed by atoms with Crippen LogP contribution < -0.4 is 5.32 Å². The number of rotatable bonds is 8. The summed E-state index contributed by atoms with van der Waals surface area (Å²) >= 11 is 1.13. The molecule has 0 aliphatic heterocycles.